The Hall–Kier alpha value is -3.02. The van der Waals surface area contributed by atoms with Crippen LogP contribution in [0.25, 0.3) is 0 Å². The first-order chi connectivity index (χ1) is 12.0. The molecule has 0 aliphatic heterocycles. The normalized spacial score (nSPS) is 10.2. The van der Waals surface area contributed by atoms with Crippen LogP contribution in [0.5, 0.6) is 5.75 Å². The number of methoxy groups -OCH3 is 1. The van der Waals surface area contributed by atoms with Gasteiger partial charge in [0.1, 0.15) is 5.75 Å². The Balaban J connectivity index is 1.93. The highest BCUT2D eigenvalue weighted by atomic mass is 16.5. The molecule has 0 saturated heterocycles. The number of ether oxygens (including phenoxy) is 1. The van der Waals surface area contributed by atoms with E-state index in [0.29, 0.717) is 17.1 Å². The fourth-order valence-corrected chi connectivity index (χ4v) is 2.13. The van der Waals surface area contributed by atoms with Crippen molar-refractivity contribution >= 4 is 28.9 Å². The molecule has 2 rings (SSSR count). The molecule has 0 heterocycles. The number of nitrogens with one attached hydrogen (secondary N) is 3. The summed E-state index contributed by atoms with van der Waals surface area (Å²) in [6.07, 6.45) is 0. The van der Waals surface area contributed by atoms with Gasteiger partial charge in [-0.1, -0.05) is 32.0 Å². The minimum atomic E-state index is -0.196. The van der Waals surface area contributed by atoms with E-state index in [-0.39, 0.29) is 24.3 Å². The van der Waals surface area contributed by atoms with Crippen LogP contribution in [-0.2, 0) is 9.59 Å². The zero-order valence-electron chi connectivity index (χ0n) is 14.6. The van der Waals surface area contributed by atoms with Crippen LogP contribution in [0.2, 0.25) is 0 Å². The van der Waals surface area contributed by atoms with Crippen molar-refractivity contribution in [1.29, 1.82) is 0 Å². The predicted octanol–water partition coefficient (Wildman–Crippen LogP) is 3.34. The predicted molar refractivity (Wildman–Crippen MR) is 100 cm³/mol. The van der Waals surface area contributed by atoms with E-state index in [0.717, 1.165) is 5.69 Å². The third-order valence-electron chi connectivity index (χ3n) is 3.48. The van der Waals surface area contributed by atoms with Gasteiger partial charge in [0.05, 0.1) is 19.3 Å². The van der Waals surface area contributed by atoms with E-state index in [2.05, 4.69) is 16.0 Å². The number of carbonyl (C=O) groups is 2. The molecule has 25 heavy (non-hydrogen) atoms. The molecule has 0 unspecified atom stereocenters. The van der Waals surface area contributed by atoms with Gasteiger partial charge in [-0.15, -0.1) is 0 Å². The van der Waals surface area contributed by atoms with Crippen LogP contribution in [0, 0.1) is 5.92 Å². The summed E-state index contributed by atoms with van der Waals surface area (Å²) in [5, 5.41) is 8.64. The molecule has 0 spiro atoms. The SMILES string of the molecule is COc1ccccc1NCC(=O)Nc1cccc(NC(=O)C(C)C)c1. The van der Waals surface area contributed by atoms with Crippen LogP contribution in [-0.4, -0.2) is 25.5 Å². The molecule has 0 aromatic heterocycles. The molecule has 0 aliphatic carbocycles. The topological polar surface area (TPSA) is 79.5 Å². The Morgan fingerprint density at radius 1 is 1.00 bits per heavy atom. The van der Waals surface area contributed by atoms with Crippen molar-refractivity contribution in [2.45, 2.75) is 13.8 Å². The molecule has 2 aromatic carbocycles. The van der Waals surface area contributed by atoms with E-state index in [4.69, 9.17) is 4.74 Å². The third kappa shape index (κ3) is 5.53. The number of rotatable bonds is 7. The maximum Gasteiger partial charge on any atom is 0.243 e. The fraction of sp³-hybridized carbons (Fsp3) is 0.263. The molecule has 6 heteroatoms. The zero-order chi connectivity index (χ0) is 18.2. The lowest BCUT2D eigenvalue weighted by Crippen LogP contribution is -2.22. The number of para-hydroxylation sites is 2. The van der Waals surface area contributed by atoms with Crippen molar-refractivity contribution in [3.8, 4) is 5.75 Å². The Morgan fingerprint density at radius 2 is 1.68 bits per heavy atom. The first kappa shape index (κ1) is 18.3. The van der Waals surface area contributed by atoms with Crippen LogP contribution in [0.3, 0.4) is 0 Å². The first-order valence-electron chi connectivity index (χ1n) is 8.07. The van der Waals surface area contributed by atoms with Gasteiger partial charge in [0.25, 0.3) is 0 Å². The lowest BCUT2D eigenvalue weighted by Gasteiger charge is -2.12. The average molecular weight is 341 g/mol. The van der Waals surface area contributed by atoms with Crippen molar-refractivity contribution in [1.82, 2.24) is 0 Å². The molecule has 0 aliphatic rings. The molecule has 3 N–H and O–H groups in total. The van der Waals surface area contributed by atoms with Gasteiger partial charge >= 0.3 is 0 Å². The number of benzene rings is 2. The smallest absolute Gasteiger partial charge is 0.243 e. The number of anilines is 3. The van der Waals surface area contributed by atoms with Crippen molar-refractivity contribution in [2.24, 2.45) is 5.92 Å². The summed E-state index contributed by atoms with van der Waals surface area (Å²) >= 11 is 0. The molecule has 0 fully saturated rings. The summed E-state index contributed by atoms with van der Waals surface area (Å²) in [4.78, 5) is 23.9. The molecule has 0 saturated carbocycles. The van der Waals surface area contributed by atoms with E-state index in [1.807, 2.05) is 38.1 Å². The highest BCUT2D eigenvalue weighted by molar-refractivity contribution is 5.96. The molecule has 2 aromatic rings. The lowest BCUT2D eigenvalue weighted by molar-refractivity contribution is -0.119. The summed E-state index contributed by atoms with van der Waals surface area (Å²) in [5.41, 5.74) is 2.01. The van der Waals surface area contributed by atoms with Crippen LogP contribution >= 0.6 is 0 Å². The van der Waals surface area contributed by atoms with Crippen molar-refractivity contribution < 1.29 is 14.3 Å². The van der Waals surface area contributed by atoms with E-state index in [9.17, 15) is 9.59 Å². The van der Waals surface area contributed by atoms with E-state index >= 15 is 0 Å². The summed E-state index contributed by atoms with van der Waals surface area (Å²) in [6, 6.07) is 14.4. The summed E-state index contributed by atoms with van der Waals surface area (Å²) in [6.45, 7) is 3.75. The molecule has 6 nitrogen and oxygen atoms in total. The maximum absolute atomic E-state index is 12.1. The van der Waals surface area contributed by atoms with Crippen molar-refractivity contribution in [3.05, 3.63) is 48.5 Å². The van der Waals surface area contributed by atoms with Gasteiger partial charge in [-0.2, -0.15) is 0 Å². The van der Waals surface area contributed by atoms with Gasteiger partial charge in [0, 0.05) is 17.3 Å². The van der Waals surface area contributed by atoms with Crippen molar-refractivity contribution in [2.75, 3.05) is 29.6 Å². The Labute approximate surface area is 147 Å². The standard InChI is InChI=1S/C19H23N3O3/c1-13(2)19(24)22-15-8-6-7-14(11-15)21-18(23)12-20-16-9-4-5-10-17(16)25-3/h4-11,13,20H,12H2,1-3H3,(H,21,23)(H,22,24). The molecule has 0 bridgehead atoms. The molecule has 2 amide bonds. The number of carbonyl (C=O) groups excluding carboxylic acids is 2. The zero-order valence-corrected chi connectivity index (χ0v) is 14.6. The number of hydrogen-bond donors (Lipinski definition) is 3. The molecular formula is C19H23N3O3. The Bertz CT molecular complexity index is 744. The van der Waals surface area contributed by atoms with Gasteiger partial charge in [-0.05, 0) is 30.3 Å². The fourth-order valence-electron chi connectivity index (χ4n) is 2.13. The van der Waals surface area contributed by atoms with Crippen LogP contribution < -0.4 is 20.7 Å². The first-order valence-corrected chi connectivity index (χ1v) is 8.07. The largest absolute Gasteiger partial charge is 0.495 e. The quantitative estimate of drug-likeness (QED) is 0.722. The minimum absolute atomic E-state index is 0.0682. The second kappa shape index (κ2) is 8.73. The monoisotopic (exact) mass is 341 g/mol. The second-order valence-corrected chi connectivity index (χ2v) is 5.83. The Kier molecular flexibility index (Phi) is 6.39. The molecular weight excluding hydrogens is 318 g/mol. The average Bonchev–Trinajstić information content (AvgIpc) is 2.60. The maximum atomic E-state index is 12.1. The minimum Gasteiger partial charge on any atom is -0.495 e. The van der Waals surface area contributed by atoms with E-state index in [1.54, 1.807) is 31.4 Å². The highest BCUT2D eigenvalue weighted by Gasteiger charge is 2.09. The van der Waals surface area contributed by atoms with E-state index < -0.39 is 0 Å². The lowest BCUT2D eigenvalue weighted by atomic mass is 10.2. The second-order valence-electron chi connectivity index (χ2n) is 5.83. The van der Waals surface area contributed by atoms with Crippen molar-refractivity contribution in [3.63, 3.8) is 0 Å². The number of amides is 2. The molecule has 0 atom stereocenters. The summed E-state index contributed by atoms with van der Waals surface area (Å²) < 4.78 is 5.23. The van der Waals surface area contributed by atoms with Gasteiger partial charge in [-0.25, -0.2) is 0 Å². The van der Waals surface area contributed by atoms with Gasteiger partial charge < -0.3 is 20.7 Å². The van der Waals surface area contributed by atoms with Crippen LogP contribution in [0.4, 0.5) is 17.1 Å². The van der Waals surface area contributed by atoms with Crippen LogP contribution in [0.1, 0.15) is 13.8 Å². The number of hydrogen-bond acceptors (Lipinski definition) is 4. The summed E-state index contributed by atoms with van der Waals surface area (Å²) in [7, 11) is 1.58. The molecule has 0 radical (unpaired) electrons. The summed E-state index contributed by atoms with van der Waals surface area (Å²) in [5.74, 6) is 0.302. The van der Waals surface area contributed by atoms with E-state index in [1.165, 1.54) is 0 Å². The highest BCUT2D eigenvalue weighted by Crippen LogP contribution is 2.22. The van der Waals surface area contributed by atoms with Gasteiger partial charge in [-0.3, -0.25) is 9.59 Å². The van der Waals surface area contributed by atoms with Crippen LogP contribution in [0.15, 0.2) is 48.5 Å². The Morgan fingerprint density at radius 3 is 2.36 bits per heavy atom. The van der Waals surface area contributed by atoms with Gasteiger partial charge in [0.2, 0.25) is 11.8 Å². The third-order valence-corrected chi connectivity index (χ3v) is 3.48. The molecule has 132 valence electrons. The van der Waals surface area contributed by atoms with Gasteiger partial charge in [0.15, 0.2) is 0 Å².